The molecule has 2 aliphatic carbocycles. The number of carbonyl (C=O) groups is 4. The first-order chi connectivity index (χ1) is 28.4. The number of halogens is 3. The lowest BCUT2D eigenvalue weighted by Crippen LogP contribution is -2.58. The predicted molar refractivity (Wildman–Crippen MR) is 209 cm³/mol. The summed E-state index contributed by atoms with van der Waals surface area (Å²) in [5, 5.41) is 9.42. The second-order valence-electron chi connectivity index (χ2n) is 16.3. The topological polar surface area (TPSA) is 200 Å². The van der Waals surface area contributed by atoms with Gasteiger partial charge in [-0.05, 0) is 77.5 Å². The molecular formula is C40H48F3N7O9S. The Morgan fingerprint density at radius 2 is 1.87 bits per heavy atom. The van der Waals surface area contributed by atoms with Crippen molar-refractivity contribution in [3.8, 4) is 17.4 Å². The third-order valence-corrected chi connectivity index (χ3v) is 13.7. The molecule has 4 heterocycles. The number of hydrogen-bond acceptors (Lipinski definition) is 11. The van der Waals surface area contributed by atoms with Crippen molar-refractivity contribution < 1.29 is 55.0 Å². The molecule has 5 atom stereocenters. The molecule has 1 saturated heterocycles. The SMILES string of the molecule is COc1c(F)ccc2c(O[C@@H]3C[C@H]4C(=O)N[C@]5(C(=O)NS(=O)(=O)C6(C)CC6)C[C@H]5C=CCCCCC[C@H](NC(=O)c5ccn(C(F)F)n5)C(=O)N4C3)cc(OC(C)C)nc12. The van der Waals surface area contributed by atoms with Crippen molar-refractivity contribution in [2.75, 3.05) is 13.7 Å². The number of nitrogens with one attached hydrogen (secondary N) is 3. The molecule has 3 fully saturated rings. The molecule has 7 rings (SSSR count). The van der Waals surface area contributed by atoms with Crippen LogP contribution in [0, 0.1) is 11.7 Å². The highest BCUT2D eigenvalue weighted by molar-refractivity contribution is 7.91. The van der Waals surface area contributed by atoms with E-state index in [0.29, 0.717) is 48.6 Å². The van der Waals surface area contributed by atoms with E-state index in [1.54, 1.807) is 19.9 Å². The molecule has 3 N–H and O–H groups in total. The summed E-state index contributed by atoms with van der Waals surface area (Å²) in [6.45, 7) is 1.88. The molecule has 0 bridgehead atoms. The van der Waals surface area contributed by atoms with Gasteiger partial charge in [0.05, 0.1) is 24.5 Å². The zero-order valence-corrected chi connectivity index (χ0v) is 34.4. The number of amides is 4. The molecule has 0 radical (unpaired) electrons. The van der Waals surface area contributed by atoms with E-state index in [1.165, 1.54) is 37.1 Å². The quantitative estimate of drug-likeness (QED) is 0.232. The summed E-state index contributed by atoms with van der Waals surface area (Å²) in [4.78, 5) is 62.2. The fourth-order valence-electron chi connectivity index (χ4n) is 7.71. The van der Waals surface area contributed by atoms with Gasteiger partial charge in [0.25, 0.3) is 11.8 Å². The first-order valence-corrected chi connectivity index (χ1v) is 21.4. The molecule has 0 unspecified atom stereocenters. The van der Waals surface area contributed by atoms with Crippen LogP contribution in [-0.2, 0) is 24.4 Å². The lowest BCUT2D eigenvalue weighted by atomic mass is 10.0. The van der Waals surface area contributed by atoms with Gasteiger partial charge in [-0.1, -0.05) is 25.0 Å². The lowest BCUT2D eigenvalue weighted by Gasteiger charge is -2.30. The Bertz CT molecular complexity index is 2320. The minimum absolute atomic E-state index is 0.0888. The largest absolute Gasteiger partial charge is 0.491 e. The second kappa shape index (κ2) is 16.6. The van der Waals surface area contributed by atoms with Crippen LogP contribution in [0.25, 0.3) is 10.9 Å². The Morgan fingerprint density at radius 1 is 1.10 bits per heavy atom. The molecule has 2 saturated carbocycles. The van der Waals surface area contributed by atoms with Gasteiger partial charge in [0, 0.05) is 30.0 Å². The minimum Gasteiger partial charge on any atom is -0.491 e. The van der Waals surface area contributed by atoms with Gasteiger partial charge in [-0.25, -0.2) is 22.5 Å². The van der Waals surface area contributed by atoms with Gasteiger partial charge in [-0.2, -0.15) is 13.9 Å². The first kappa shape index (κ1) is 42.7. The van der Waals surface area contributed by atoms with Crippen LogP contribution in [0.2, 0.25) is 0 Å². The molecule has 16 nitrogen and oxygen atoms in total. The zero-order chi connectivity index (χ0) is 43.1. The van der Waals surface area contributed by atoms with Gasteiger partial charge in [0.2, 0.25) is 27.7 Å². The first-order valence-electron chi connectivity index (χ1n) is 20.0. The average molecular weight is 860 g/mol. The number of allylic oxidation sites excluding steroid dienone is 1. The van der Waals surface area contributed by atoms with E-state index in [2.05, 4.69) is 25.4 Å². The van der Waals surface area contributed by atoms with E-state index in [-0.39, 0.29) is 60.5 Å². The van der Waals surface area contributed by atoms with Crippen molar-refractivity contribution in [2.45, 2.75) is 120 Å². The summed E-state index contributed by atoms with van der Waals surface area (Å²) >= 11 is 0. The number of methoxy groups -OCH3 is 1. The van der Waals surface area contributed by atoms with Crippen molar-refractivity contribution in [3.05, 3.63) is 54.1 Å². The number of fused-ring (bicyclic) bond motifs is 3. The normalized spacial score (nSPS) is 25.4. The van der Waals surface area contributed by atoms with Gasteiger partial charge in [-0.3, -0.25) is 23.9 Å². The van der Waals surface area contributed by atoms with Gasteiger partial charge >= 0.3 is 6.55 Å². The highest BCUT2D eigenvalue weighted by atomic mass is 32.2. The fraction of sp³-hybridized carbons (Fsp3) is 0.550. The van der Waals surface area contributed by atoms with Crippen LogP contribution in [0.1, 0.15) is 95.6 Å². The molecule has 2 aliphatic heterocycles. The second-order valence-corrected chi connectivity index (χ2v) is 18.5. The molecule has 60 heavy (non-hydrogen) atoms. The Morgan fingerprint density at radius 3 is 2.55 bits per heavy atom. The van der Waals surface area contributed by atoms with Crippen molar-refractivity contribution in [3.63, 3.8) is 0 Å². The highest BCUT2D eigenvalue weighted by Gasteiger charge is 2.63. The van der Waals surface area contributed by atoms with E-state index in [1.807, 2.05) is 6.08 Å². The summed E-state index contributed by atoms with van der Waals surface area (Å²) < 4.78 is 87.0. The number of ether oxygens (including phenoxy) is 3. The summed E-state index contributed by atoms with van der Waals surface area (Å²) in [7, 11) is -2.79. The van der Waals surface area contributed by atoms with E-state index >= 15 is 0 Å². The minimum atomic E-state index is -4.08. The van der Waals surface area contributed by atoms with Gasteiger partial charge in [0.1, 0.15) is 40.7 Å². The van der Waals surface area contributed by atoms with Crippen molar-refractivity contribution >= 4 is 44.6 Å². The van der Waals surface area contributed by atoms with E-state index in [9.17, 15) is 40.8 Å². The smallest absolute Gasteiger partial charge is 0.333 e. The van der Waals surface area contributed by atoms with E-state index in [0.717, 1.165) is 12.3 Å². The molecule has 3 aromatic rings. The average Bonchev–Trinajstić information content (AvgIpc) is 3.95. The number of benzene rings is 1. The molecule has 324 valence electrons. The highest BCUT2D eigenvalue weighted by Crippen LogP contribution is 2.48. The Hall–Kier alpha value is -5.40. The van der Waals surface area contributed by atoms with Gasteiger partial charge in [0.15, 0.2) is 11.6 Å². The molecule has 20 heteroatoms. The van der Waals surface area contributed by atoms with Gasteiger partial charge < -0.3 is 29.7 Å². The predicted octanol–water partition coefficient (Wildman–Crippen LogP) is 4.30. The number of sulfonamides is 1. The maximum Gasteiger partial charge on any atom is 0.333 e. The van der Waals surface area contributed by atoms with Crippen LogP contribution < -0.4 is 29.6 Å². The Labute approximate surface area is 344 Å². The maximum atomic E-state index is 14.9. The zero-order valence-electron chi connectivity index (χ0n) is 33.6. The Kier molecular flexibility index (Phi) is 11.8. The van der Waals surface area contributed by atoms with Crippen LogP contribution in [0.5, 0.6) is 17.4 Å². The molecule has 1 aromatic carbocycles. The molecule has 2 aromatic heterocycles. The lowest BCUT2D eigenvalue weighted by molar-refractivity contribution is -0.141. The summed E-state index contributed by atoms with van der Waals surface area (Å²) in [5.74, 6) is -4.33. The van der Waals surface area contributed by atoms with E-state index < -0.39 is 80.4 Å². The van der Waals surface area contributed by atoms with Crippen molar-refractivity contribution in [1.82, 2.24) is 35.0 Å². The standard InChI is InChI=1S/C40H48F3N7O9S/c1-22(2)58-31-19-30(25-12-13-26(41)33(57-4)32(25)45-31)59-24-18-29-35(52)46-40(37(54)48-60(55,56)39(3)15-16-39)20-23(40)10-8-6-5-7-9-11-28(36(53)49(29)21-24)44-34(51)27-14-17-50(47-27)38(42)43/h8,10,12-14,17,19,22-24,28-29,38H,5-7,9,11,15-16,18,20-21H2,1-4H3,(H,44,51)(H,46,52)(H,48,54)/t23-,24-,28+,29+,40-/m1/s1. The maximum absolute atomic E-state index is 14.9. The summed E-state index contributed by atoms with van der Waals surface area (Å²) in [6.07, 6.45) is 6.57. The number of pyridine rings is 1. The summed E-state index contributed by atoms with van der Waals surface area (Å²) in [5.41, 5.74) is -1.89. The number of hydrogen-bond donors (Lipinski definition) is 3. The molecule has 4 amide bonds. The molecule has 0 spiro atoms. The number of carbonyl (C=O) groups excluding carboxylic acids is 4. The monoisotopic (exact) mass is 859 g/mol. The number of alkyl halides is 2. The molecule has 4 aliphatic rings. The third kappa shape index (κ3) is 8.60. The van der Waals surface area contributed by atoms with Gasteiger partial charge in [-0.15, -0.1) is 0 Å². The third-order valence-electron chi connectivity index (χ3n) is 11.5. The van der Waals surface area contributed by atoms with Crippen molar-refractivity contribution in [1.29, 1.82) is 0 Å². The Balaban J connectivity index is 1.23. The summed E-state index contributed by atoms with van der Waals surface area (Å²) in [6, 6.07) is 2.68. The van der Waals surface area contributed by atoms with Crippen LogP contribution in [0.3, 0.4) is 0 Å². The van der Waals surface area contributed by atoms with Crippen LogP contribution >= 0.6 is 0 Å². The fourth-order valence-corrected chi connectivity index (χ4v) is 9.02. The number of rotatable bonds is 11. The number of aromatic nitrogens is 3. The number of nitrogens with zero attached hydrogens (tertiary/aromatic N) is 4. The van der Waals surface area contributed by atoms with Crippen LogP contribution in [0.15, 0.2) is 42.6 Å². The van der Waals surface area contributed by atoms with Crippen molar-refractivity contribution in [2.24, 2.45) is 5.92 Å². The van der Waals surface area contributed by atoms with Crippen LogP contribution in [0.4, 0.5) is 13.2 Å². The molecular weight excluding hydrogens is 812 g/mol. The van der Waals surface area contributed by atoms with Crippen LogP contribution in [-0.4, -0.2) is 99.9 Å². The van der Waals surface area contributed by atoms with E-state index in [4.69, 9.17) is 14.2 Å².